The molecule has 0 radical (unpaired) electrons. The van der Waals surface area contributed by atoms with E-state index in [1.54, 1.807) is 19.4 Å². The summed E-state index contributed by atoms with van der Waals surface area (Å²) in [6.07, 6.45) is 3.58. The van der Waals surface area contributed by atoms with Crippen LogP contribution in [0.3, 0.4) is 0 Å². The summed E-state index contributed by atoms with van der Waals surface area (Å²) in [6.45, 7) is 1.92. The Morgan fingerprint density at radius 1 is 1.15 bits per heavy atom. The van der Waals surface area contributed by atoms with Gasteiger partial charge in [0.25, 0.3) is 5.91 Å². The molecule has 6 nitrogen and oxygen atoms in total. The molecule has 0 unspecified atom stereocenters. The lowest BCUT2D eigenvalue weighted by Crippen LogP contribution is -2.17. The number of benzene rings is 2. The van der Waals surface area contributed by atoms with Crippen LogP contribution in [0.5, 0.6) is 5.75 Å². The van der Waals surface area contributed by atoms with Crippen molar-refractivity contribution in [2.24, 2.45) is 5.10 Å². The van der Waals surface area contributed by atoms with Gasteiger partial charge < -0.3 is 4.74 Å². The van der Waals surface area contributed by atoms with Crippen LogP contribution in [0.2, 0.25) is 0 Å². The number of aromatic amines is 1. The molecule has 0 saturated heterocycles. The maximum Gasteiger partial charge on any atom is 0.289 e. The Morgan fingerprint density at radius 3 is 2.59 bits per heavy atom. The van der Waals surface area contributed by atoms with Gasteiger partial charge in [0.1, 0.15) is 11.4 Å². The molecule has 0 fully saturated rings. The Bertz CT molecular complexity index is 957. The summed E-state index contributed by atoms with van der Waals surface area (Å²) in [7, 11) is 1.61. The Morgan fingerprint density at radius 2 is 1.89 bits per heavy atom. The lowest BCUT2D eigenvalue weighted by atomic mass is 10.1. The second-order valence-corrected chi connectivity index (χ2v) is 5.89. The Hall–Kier alpha value is -3.67. The fraction of sp³-hybridized carbons (Fsp3) is 0.0952. The molecule has 0 aliphatic carbocycles. The number of amides is 1. The van der Waals surface area contributed by atoms with Crippen molar-refractivity contribution in [1.29, 1.82) is 0 Å². The van der Waals surface area contributed by atoms with Crippen molar-refractivity contribution in [1.82, 2.24) is 15.6 Å². The second-order valence-electron chi connectivity index (χ2n) is 5.89. The molecule has 1 aromatic heterocycles. The fourth-order valence-electron chi connectivity index (χ4n) is 2.45. The van der Waals surface area contributed by atoms with Crippen molar-refractivity contribution in [2.45, 2.75) is 6.92 Å². The van der Waals surface area contributed by atoms with Gasteiger partial charge >= 0.3 is 0 Å². The van der Waals surface area contributed by atoms with Gasteiger partial charge in [0.2, 0.25) is 0 Å². The molecular formula is C21H20N4O2. The van der Waals surface area contributed by atoms with Gasteiger partial charge in [0, 0.05) is 5.56 Å². The molecule has 0 spiro atoms. The molecule has 0 atom stereocenters. The van der Waals surface area contributed by atoms with Crippen molar-refractivity contribution in [3.63, 3.8) is 0 Å². The largest absolute Gasteiger partial charge is 0.497 e. The number of ether oxygens (including phenoxy) is 1. The van der Waals surface area contributed by atoms with Gasteiger partial charge in [0.05, 0.1) is 19.0 Å². The maximum absolute atomic E-state index is 12.2. The first-order valence-corrected chi connectivity index (χ1v) is 8.42. The van der Waals surface area contributed by atoms with E-state index in [0.717, 1.165) is 22.4 Å². The Labute approximate surface area is 157 Å². The topological polar surface area (TPSA) is 79.4 Å². The van der Waals surface area contributed by atoms with Gasteiger partial charge in [-0.3, -0.25) is 9.89 Å². The predicted octanol–water partition coefficient (Wildman–Crippen LogP) is 3.90. The number of H-pyrrole nitrogens is 1. The summed E-state index contributed by atoms with van der Waals surface area (Å²) < 4.78 is 5.14. The molecular weight excluding hydrogens is 340 g/mol. The van der Waals surface area contributed by atoms with Crippen LogP contribution in [-0.2, 0) is 0 Å². The van der Waals surface area contributed by atoms with E-state index < -0.39 is 0 Å². The average molecular weight is 360 g/mol. The van der Waals surface area contributed by atoms with Crippen LogP contribution in [0.4, 0.5) is 0 Å². The zero-order valence-corrected chi connectivity index (χ0v) is 15.1. The van der Waals surface area contributed by atoms with E-state index in [1.165, 1.54) is 0 Å². The third kappa shape index (κ3) is 4.92. The minimum Gasteiger partial charge on any atom is -0.497 e. The molecule has 136 valence electrons. The highest BCUT2D eigenvalue weighted by atomic mass is 16.5. The molecule has 27 heavy (non-hydrogen) atoms. The molecule has 2 aromatic carbocycles. The van der Waals surface area contributed by atoms with E-state index in [0.29, 0.717) is 11.4 Å². The van der Waals surface area contributed by atoms with Crippen molar-refractivity contribution in [3.8, 4) is 17.0 Å². The number of allylic oxidation sites excluding steroid dienone is 1. The van der Waals surface area contributed by atoms with Gasteiger partial charge in [-0.25, -0.2) is 5.43 Å². The number of nitrogens with one attached hydrogen (secondary N) is 2. The van der Waals surface area contributed by atoms with E-state index in [9.17, 15) is 4.79 Å². The molecule has 1 heterocycles. The molecule has 6 heteroatoms. The van der Waals surface area contributed by atoms with Gasteiger partial charge in [0.15, 0.2) is 0 Å². The number of hydrogen-bond acceptors (Lipinski definition) is 4. The summed E-state index contributed by atoms with van der Waals surface area (Å²) in [5.41, 5.74) is 6.39. The highest BCUT2D eigenvalue weighted by Crippen LogP contribution is 2.21. The van der Waals surface area contributed by atoms with Crippen LogP contribution in [-0.4, -0.2) is 29.4 Å². The summed E-state index contributed by atoms with van der Waals surface area (Å²) in [5, 5.41) is 10.9. The standard InChI is InChI=1S/C21H20N4O2/c1-15(12-16-6-4-3-5-7-16)14-22-25-21(26)20-13-19(23-24-20)17-8-10-18(27-2)11-9-17/h3-14H,1-2H3,(H,23,24)(H,25,26)/b15-12+,22-14+. The number of carbonyl (C=O) groups excluding carboxylic acids is 1. The van der Waals surface area contributed by atoms with Gasteiger partial charge in [-0.15, -0.1) is 0 Å². The lowest BCUT2D eigenvalue weighted by Gasteiger charge is -2.00. The highest BCUT2D eigenvalue weighted by Gasteiger charge is 2.10. The molecule has 2 N–H and O–H groups in total. The summed E-state index contributed by atoms with van der Waals surface area (Å²) in [4.78, 5) is 12.2. The summed E-state index contributed by atoms with van der Waals surface area (Å²) in [5.74, 6) is 0.409. The van der Waals surface area contributed by atoms with Gasteiger partial charge in [-0.2, -0.15) is 10.2 Å². The van der Waals surface area contributed by atoms with E-state index in [2.05, 4.69) is 20.7 Å². The maximum atomic E-state index is 12.2. The van der Waals surface area contributed by atoms with Crippen molar-refractivity contribution >= 4 is 18.2 Å². The van der Waals surface area contributed by atoms with Crippen LogP contribution in [0.15, 0.2) is 71.3 Å². The molecule has 3 aromatic rings. The van der Waals surface area contributed by atoms with Crippen LogP contribution >= 0.6 is 0 Å². The summed E-state index contributed by atoms with van der Waals surface area (Å²) in [6, 6.07) is 19.0. The number of carbonyl (C=O) groups is 1. The highest BCUT2D eigenvalue weighted by molar-refractivity contribution is 5.94. The third-order valence-corrected chi connectivity index (χ3v) is 3.84. The van der Waals surface area contributed by atoms with Crippen LogP contribution in [0, 0.1) is 0 Å². The molecule has 0 saturated carbocycles. The molecule has 1 amide bonds. The lowest BCUT2D eigenvalue weighted by molar-refractivity contribution is 0.0950. The quantitative estimate of drug-likeness (QED) is 0.517. The number of rotatable bonds is 6. The van der Waals surface area contributed by atoms with Crippen molar-refractivity contribution in [3.05, 3.63) is 77.5 Å². The van der Waals surface area contributed by atoms with Crippen molar-refractivity contribution in [2.75, 3.05) is 7.11 Å². The van der Waals surface area contributed by atoms with Crippen molar-refractivity contribution < 1.29 is 9.53 Å². The molecule has 3 rings (SSSR count). The second kappa shape index (κ2) is 8.62. The zero-order chi connectivity index (χ0) is 19.1. The van der Waals surface area contributed by atoms with Gasteiger partial charge in [-0.1, -0.05) is 36.4 Å². The number of aromatic nitrogens is 2. The Balaban J connectivity index is 1.61. The van der Waals surface area contributed by atoms with Crippen LogP contribution in [0.25, 0.3) is 17.3 Å². The smallest absolute Gasteiger partial charge is 0.289 e. The zero-order valence-electron chi connectivity index (χ0n) is 15.1. The monoisotopic (exact) mass is 360 g/mol. The normalized spacial score (nSPS) is 11.6. The Kier molecular flexibility index (Phi) is 5.79. The number of methoxy groups -OCH3 is 1. The summed E-state index contributed by atoms with van der Waals surface area (Å²) >= 11 is 0. The molecule has 0 aliphatic rings. The first kappa shape index (κ1) is 18.1. The number of hydrogen-bond donors (Lipinski definition) is 2. The molecule has 0 aliphatic heterocycles. The number of nitrogens with zero attached hydrogens (tertiary/aromatic N) is 2. The van der Waals surface area contributed by atoms with E-state index >= 15 is 0 Å². The first-order chi connectivity index (χ1) is 13.2. The fourth-order valence-corrected chi connectivity index (χ4v) is 2.45. The van der Waals surface area contributed by atoms with Crippen LogP contribution < -0.4 is 10.2 Å². The number of hydrazone groups is 1. The first-order valence-electron chi connectivity index (χ1n) is 8.42. The third-order valence-electron chi connectivity index (χ3n) is 3.84. The SMILES string of the molecule is COc1ccc(-c2cc(C(=O)N/N=C/C(C)=C/c3ccccc3)[nH]n2)cc1. The van der Waals surface area contributed by atoms with Gasteiger partial charge in [-0.05, 0) is 48.4 Å². The molecule has 0 bridgehead atoms. The minimum atomic E-state index is -0.356. The average Bonchev–Trinajstić information content (AvgIpc) is 3.19. The van der Waals surface area contributed by atoms with E-state index in [-0.39, 0.29) is 5.91 Å². The van der Waals surface area contributed by atoms with Crippen LogP contribution in [0.1, 0.15) is 23.0 Å². The van der Waals surface area contributed by atoms with E-state index in [1.807, 2.05) is 67.6 Å². The van der Waals surface area contributed by atoms with E-state index in [4.69, 9.17) is 4.74 Å². The predicted molar refractivity (Wildman–Crippen MR) is 107 cm³/mol. The minimum absolute atomic E-state index is 0.336.